The minimum Gasteiger partial charge on any atom is -0.344 e. The molecule has 1 atom stereocenters. The first kappa shape index (κ1) is 12.0. The predicted octanol–water partition coefficient (Wildman–Crippen LogP) is 2.12. The molecule has 1 unspecified atom stereocenters. The van der Waals surface area contributed by atoms with E-state index >= 15 is 0 Å². The highest BCUT2D eigenvalue weighted by Gasteiger charge is 2.46. The van der Waals surface area contributed by atoms with Gasteiger partial charge in [-0.05, 0) is 26.7 Å². The molecule has 4 heteroatoms. The summed E-state index contributed by atoms with van der Waals surface area (Å²) >= 11 is 5.91. The lowest BCUT2D eigenvalue weighted by Gasteiger charge is -2.36. The van der Waals surface area contributed by atoms with Crippen LogP contribution in [0, 0.1) is 0 Å². The number of hydrogen-bond donors (Lipinski definition) is 0. The van der Waals surface area contributed by atoms with Crippen molar-refractivity contribution in [3.8, 4) is 0 Å². The van der Waals surface area contributed by atoms with Crippen molar-refractivity contribution in [2.24, 2.45) is 0 Å². The second-order valence-electron chi connectivity index (χ2n) is 3.34. The van der Waals surface area contributed by atoms with Gasteiger partial charge in [0.2, 0.25) is 11.6 Å². The summed E-state index contributed by atoms with van der Waals surface area (Å²) in [6, 6.07) is 0. The number of alkyl halides is 1. The molecular weight excluding hydrogens is 204 g/mol. The molecule has 0 aliphatic heterocycles. The van der Waals surface area contributed by atoms with Gasteiger partial charge in [-0.1, -0.05) is 0 Å². The Balaban J connectivity index is 2.77. The quantitative estimate of drug-likeness (QED) is 0.538. The molecule has 0 amide bonds. The van der Waals surface area contributed by atoms with Gasteiger partial charge in [-0.15, -0.1) is 11.6 Å². The van der Waals surface area contributed by atoms with Crippen LogP contribution in [0.2, 0.25) is 0 Å². The van der Waals surface area contributed by atoms with E-state index in [0.29, 0.717) is 19.6 Å². The zero-order chi connectivity index (χ0) is 10.6. The Morgan fingerprint density at radius 1 is 1.43 bits per heavy atom. The Hall–Kier alpha value is -0.120. The third-order valence-electron chi connectivity index (χ3n) is 2.38. The minimum atomic E-state index is -1.06. The Morgan fingerprint density at radius 3 is 2.50 bits per heavy atom. The Kier molecular flexibility index (Phi) is 4.35. The molecule has 0 spiro atoms. The third kappa shape index (κ3) is 2.27. The summed E-state index contributed by atoms with van der Waals surface area (Å²) in [6.45, 7) is 4.64. The number of carbonyl (C=O) groups is 1. The Bertz CT molecular complexity index is 194. The molecule has 14 heavy (non-hydrogen) atoms. The average Bonchev–Trinajstić information content (AvgIpc) is 2.15. The number of halogens is 1. The van der Waals surface area contributed by atoms with E-state index in [4.69, 9.17) is 21.1 Å². The molecule has 0 N–H and O–H groups in total. The smallest absolute Gasteiger partial charge is 0.230 e. The molecule has 1 saturated carbocycles. The molecule has 0 radical (unpaired) electrons. The van der Waals surface area contributed by atoms with Crippen LogP contribution in [-0.4, -0.2) is 30.2 Å². The molecule has 1 aliphatic rings. The maximum absolute atomic E-state index is 11.8. The van der Waals surface area contributed by atoms with E-state index in [1.54, 1.807) is 0 Å². The molecule has 1 rings (SSSR count). The van der Waals surface area contributed by atoms with E-state index < -0.39 is 11.2 Å². The fraction of sp³-hybridized carbons (Fsp3) is 0.900. The summed E-state index contributed by atoms with van der Waals surface area (Å²) in [5, 5.41) is -0.457. The van der Waals surface area contributed by atoms with Crippen LogP contribution in [0.5, 0.6) is 0 Å². The van der Waals surface area contributed by atoms with E-state index in [9.17, 15) is 4.79 Å². The van der Waals surface area contributed by atoms with Crippen molar-refractivity contribution in [3.63, 3.8) is 0 Å². The molecule has 3 nitrogen and oxygen atoms in total. The molecule has 0 aromatic carbocycles. The number of rotatable bonds is 4. The summed E-state index contributed by atoms with van der Waals surface area (Å²) in [5.41, 5.74) is 0. The number of hydrogen-bond acceptors (Lipinski definition) is 3. The van der Waals surface area contributed by atoms with Crippen LogP contribution in [0.25, 0.3) is 0 Å². The van der Waals surface area contributed by atoms with Crippen molar-refractivity contribution in [1.29, 1.82) is 0 Å². The van der Waals surface area contributed by atoms with E-state index in [2.05, 4.69) is 0 Å². The summed E-state index contributed by atoms with van der Waals surface area (Å²) in [5.74, 6) is -1.18. The van der Waals surface area contributed by atoms with Crippen LogP contribution in [-0.2, 0) is 14.3 Å². The zero-order valence-electron chi connectivity index (χ0n) is 8.72. The predicted molar refractivity (Wildman–Crippen MR) is 54.5 cm³/mol. The highest BCUT2D eigenvalue weighted by atomic mass is 35.5. The van der Waals surface area contributed by atoms with Crippen molar-refractivity contribution in [1.82, 2.24) is 0 Å². The standard InChI is InChI=1S/C10H17ClO3/c1-3-13-10(14-4-2)7-5-6-8(11)9(10)12/h8H,3-7H2,1-2H3. The van der Waals surface area contributed by atoms with Gasteiger partial charge < -0.3 is 9.47 Å². The topological polar surface area (TPSA) is 35.5 Å². The number of carbonyl (C=O) groups excluding carboxylic acids is 1. The number of ketones is 1. The molecule has 82 valence electrons. The van der Waals surface area contributed by atoms with Crippen LogP contribution in [0.3, 0.4) is 0 Å². The van der Waals surface area contributed by atoms with Crippen LogP contribution in [0.1, 0.15) is 33.1 Å². The summed E-state index contributed by atoms with van der Waals surface area (Å²) in [6.07, 6.45) is 2.22. The van der Waals surface area contributed by atoms with Crippen LogP contribution in [0.4, 0.5) is 0 Å². The van der Waals surface area contributed by atoms with E-state index in [0.717, 1.165) is 12.8 Å². The lowest BCUT2D eigenvalue weighted by Crippen LogP contribution is -2.51. The largest absolute Gasteiger partial charge is 0.344 e. The average molecular weight is 221 g/mol. The van der Waals surface area contributed by atoms with Gasteiger partial charge in [-0.25, -0.2) is 0 Å². The SMILES string of the molecule is CCOC1(OCC)CCCC(Cl)C1=O. The van der Waals surface area contributed by atoms with Crippen molar-refractivity contribution in [2.75, 3.05) is 13.2 Å². The Labute approximate surface area is 89.7 Å². The fourth-order valence-corrected chi connectivity index (χ4v) is 2.12. The molecule has 0 aromatic heterocycles. The third-order valence-corrected chi connectivity index (χ3v) is 2.79. The lowest BCUT2D eigenvalue weighted by molar-refractivity contribution is -0.233. The van der Waals surface area contributed by atoms with E-state index in [-0.39, 0.29) is 5.78 Å². The molecule has 0 bridgehead atoms. The van der Waals surface area contributed by atoms with E-state index in [1.165, 1.54) is 0 Å². The first-order chi connectivity index (χ1) is 6.66. The summed E-state index contributed by atoms with van der Waals surface area (Å²) in [4.78, 5) is 11.8. The maximum Gasteiger partial charge on any atom is 0.230 e. The molecular formula is C10H17ClO3. The van der Waals surface area contributed by atoms with Gasteiger partial charge in [0.1, 0.15) is 0 Å². The molecule has 0 aromatic rings. The van der Waals surface area contributed by atoms with Crippen molar-refractivity contribution < 1.29 is 14.3 Å². The summed E-state index contributed by atoms with van der Waals surface area (Å²) < 4.78 is 10.9. The van der Waals surface area contributed by atoms with Crippen LogP contribution < -0.4 is 0 Å². The van der Waals surface area contributed by atoms with Crippen LogP contribution in [0.15, 0.2) is 0 Å². The fourth-order valence-electron chi connectivity index (χ4n) is 1.80. The first-order valence-corrected chi connectivity index (χ1v) is 5.56. The lowest BCUT2D eigenvalue weighted by atomic mass is 9.92. The molecule has 1 fully saturated rings. The van der Waals surface area contributed by atoms with Crippen molar-refractivity contribution >= 4 is 17.4 Å². The second-order valence-corrected chi connectivity index (χ2v) is 3.87. The van der Waals surface area contributed by atoms with Gasteiger partial charge in [-0.2, -0.15) is 0 Å². The molecule has 1 aliphatic carbocycles. The summed E-state index contributed by atoms with van der Waals surface area (Å²) in [7, 11) is 0. The Morgan fingerprint density at radius 2 is 2.00 bits per heavy atom. The molecule has 0 saturated heterocycles. The van der Waals surface area contributed by atoms with Crippen molar-refractivity contribution in [3.05, 3.63) is 0 Å². The van der Waals surface area contributed by atoms with Gasteiger partial charge in [0.05, 0.1) is 5.38 Å². The second kappa shape index (κ2) is 5.10. The normalized spacial score (nSPS) is 26.5. The first-order valence-electron chi connectivity index (χ1n) is 5.12. The highest BCUT2D eigenvalue weighted by molar-refractivity contribution is 6.32. The maximum atomic E-state index is 11.8. The minimum absolute atomic E-state index is 0.117. The monoisotopic (exact) mass is 220 g/mol. The van der Waals surface area contributed by atoms with Gasteiger partial charge in [0, 0.05) is 19.6 Å². The zero-order valence-corrected chi connectivity index (χ0v) is 9.47. The van der Waals surface area contributed by atoms with Gasteiger partial charge in [0.15, 0.2) is 0 Å². The number of Topliss-reactive ketones (excluding diaryl/α,β-unsaturated/α-hetero) is 1. The molecule has 0 heterocycles. The van der Waals surface area contributed by atoms with Gasteiger partial charge in [-0.3, -0.25) is 4.79 Å². The van der Waals surface area contributed by atoms with Crippen LogP contribution >= 0.6 is 11.6 Å². The van der Waals surface area contributed by atoms with E-state index in [1.807, 2.05) is 13.8 Å². The van der Waals surface area contributed by atoms with Gasteiger partial charge in [0.25, 0.3) is 0 Å². The van der Waals surface area contributed by atoms with Gasteiger partial charge >= 0.3 is 0 Å². The number of ether oxygens (including phenoxy) is 2. The highest BCUT2D eigenvalue weighted by Crippen LogP contribution is 2.32. The van der Waals surface area contributed by atoms with Crippen molar-refractivity contribution in [2.45, 2.75) is 44.3 Å².